The van der Waals surface area contributed by atoms with Crippen LogP contribution < -0.4 is 4.72 Å². The molecule has 0 saturated carbocycles. The minimum absolute atomic E-state index is 0.00555. The topological polar surface area (TPSA) is 66.4 Å². The largest absolute Gasteiger partial charge is 0.392 e. The third kappa shape index (κ3) is 5.05. The van der Waals surface area contributed by atoms with Crippen molar-refractivity contribution in [2.75, 3.05) is 0 Å². The van der Waals surface area contributed by atoms with Crippen LogP contribution in [0.15, 0.2) is 17.0 Å². The monoisotopic (exact) mass is 317 g/mol. The van der Waals surface area contributed by atoms with Crippen molar-refractivity contribution in [2.24, 2.45) is 0 Å². The zero-order chi connectivity index (χ0) is 16.0. The van der Waals surface area contributed by atoms with Crippen LogP contribution in [0.3, 0.4) is 0 Å². The Labute approximate surface area is 126 Å². The zero-order valence-electron chi connectivity index (χ0n) is 12.8. The minimum Gasteiger partial charge on any atom is -0.392 e. The number of rotatable bonds is 8. The van der Waals surface area contributed by atoms with Crippen LogP contribution in [0.1, 0.15) is 50.7 Å². The summed E-state index contributed by atoms with van der Waals surface area (Å²) in [4.78, 5) is -0.00667. The van der Waals surface area contributed by atoms with Crippen LogP contribution in [0.25, 0.3) is 0 Å². The van der Waals surface area contributed by atoms with Crippen LogP contribution in [-0.4, -0.2) is 19.6 Å². The molecule has 0 aliphatic carbocycles. The van der Waals surface area contributed by atoms with E-state index in [2.05, 4.69) is 11.6 Å². The molecule has 4 nitrogen and oxygen atoms in total. The first kappa shape index (κ1) is 18.1. The molecule has 0 amide bonds. The predicted octanol–water partition coefficient (Wildman–Crippen LogP) is 2.87. The SMILES string of the molecule is CCCCCC(C)NS(=O)(=O)c1cc(C)c(F)c(CO)c1. The van der Waals surface area contributed by atoms with E-state index in [4.69, 9.17) is 5.11 Å². The molecule has 6 heteroatoms. The van der Waals surface area contributed by atoms with Gasteiger partial charge < -0.3 is 5.11 Å². The van der Waals surface area contributed by atoms with Crippen molar-refractivity contribution in [1.82, 2.24) is 4.72 Å². The fraction of sp³-hybridized carbons (Fsp3) is 0.600. The van der Waals surface area contributed by atoms with Crippen molar-refractivity contribution in [3.8, 4) is 0 Å². The van der Waals surface area contributed by atoms with Gasteiger partial charge in [-0.05, 0) is 38.0 Å². The fourth-order valence-corrected chi connectivity index (χ4v) is 3.58. The van der Waals surface area contributed by atoms with E-state index in [1.807, 2.05) is 6.92 Å². The second-order valence-corrected chi connectivity index (χ2v) is 7.10. The third-order valence-electron chi connectivity index (χ3n) is 3.38. The molecular weight excluding hydrogens is 293 g/mol. The average molecular weight is 317 g/mol. The van der Waals surface area contributed by atoms with Gasteiger partial charge in [0.1, 0.15) is 5.82 Å². The van der Waals surface area contributed by atoms with Crippen LogP contribution in [0, 0.1) is 12.7 Å². The number of sulfonamides is 1. The molecule has 1 atom stereocenters. The van der Waals surface area contributed by atoms with E-state index < -0.39 is 22.4 Å². The molecule has 0 spiro atoms. The van der Waals surface area contributed by atoms with Gasteiger partial charge in [-0.1, -0.05) is 26.2 Å². The quantitative estimate of drug-likeness (QED) is 0.725. The molecular formula is C15H24FNO3S. The highest BCUT2D eigenvalue weighted by Crippen LogP contribution is 2.20. The number of aryl methyl sites for hydroxylation is 1. The molecule has 1 aromatic rings. The first-order valence-electron chi connectivity index (χ1n) is 7.24. The van der Waals surface area contributed by atoms with Gasteiger partial charge in [-0.25, -0.2) is 17.5 Å². The normalized spacial score (nSPS) is 13.4. The number of unbranched alkanes of at least 4 members (excludes halogenated alkanes) is 2. The lowest BCUT2D eigenvalue weighted by atomic mass is 10.1. The maximum absolute atomic E-state index is 13.7. The van der Waals surface area contributed by atoms with E-state index in [1.165, 1.54) is 19.1 Å². The fourth-order valence-electron chi connectivity index (χ4n) is 2.17. The molecule has 1 unspecified atom stereocenters. The Hall–Kier alpha value is -0.980. The summed E-state index contributed by atoms with van der Waals surface area (Å²) in [5, 5.41) is 9.10. The number of hydrogen-bond acceptors (Lipinski definition) is 3. The molecule has 0 aliphatic rings. The smallest absolute Gasteiger partial charge is 0.240 e. The zero-order valence-corrected chi connectivity index (χ0v) is 13.6. The summed E-state index contributed by atoms with van der Waals surface area (Å²) in [6.45, 7) is 4.86. The van der Waals surface area contributed by atoms with E-state index >= 15 is 0 Å². The first-order chi connectivity index (χ1) is 9.81. The molecule has 1 aromatic carbocycles. The van der Waals surface area contributed by atoms with Gasteiger partial charge in [0, 0.05) is 11.6 Å². The molecule has 0 aliphatic heterocycles. The number of benzene rings is 1. The van der Waals surface area contributed by atoms with Crippen molar-refractivity contribution in [3.05, 3.63) is 29.1 Å². The van der Waals surface area contributed by atoms with Crippen LogP contribution in [0.5, 0.6) is 0 Å². The molecule has 0 heterocycles. The summed E-state index contributed by atoms with van der Waals surface area (Å²) in [7, 11) is -3.70. The Bertz CT molecular complexity index is 573. The number of aliphatic hydroxyl groups is 1. The predicted molar refractivity (Wildman–Crippen MR) is 81.0 cm³/mol. The molecule has 1 rings (SSSR count). The van der Waals surface area contributed by atoms with Crippen LogP contribution in [0.2, 0.25) is 0 Å². The van der Waals surface area contributed by atoms with Crippen LogP contribution in [0.4, 0.5) is 4.39 Å². The molecule has 0 fully saturated rings. The third-order valence-corrected chi connectivity index (χ3v) is 4.95. The van der Waals surface area contributed by atoms with Crippen molar-refractivity contribution < 1.29 is 17.9 Å². The van der Waals surface area contributed by atoms with Crippen LogP contribution in [-0.2, 0) is 16.6 Å². The number of nitrogens with one attached hydrogen (secondary N) is 1. The highest BCUT2D eigenvalue weighted by Gasteiger charge is 2.20. The number of hydrogen-bond donors (Lipinski definition) is 2. The number of halogens is 1. The Balaban J connectivity index is 2.90. The standard InChI is InChI=1S/C15H24FNO3S/c1-4-5-6-7-12(3)17-21(19,20)14-8-11(2)15(16)13(9-14)10-18/h8-9,12,17-18H,4-7,10H2,1-3H3. The van der Waals surface area contributed by atoms with Crippen molar-refractivity contribution in [1.29, 1.82) is 0 Å². The molecule has 0 radical (unpaired) electrons. The van der Waals surface area contributed by atoms with E-state index in [0.717, 1.165) is 25.7 Å². The van der Waals surface area contributed by atoms with Gasteiger partial charge in [-0.3, -0.25) is 0 Å². The summed E-state index contributed by atoms with van der Waals surface area (Å²) in [5.74, 6) is -0.563. The lowest BCUT2D eigenvalue weighted by Crippen LogP contribution is -2.32. The maximum Gasteiger partial charge on any atom is 0.240 e. The summed E-state index contributed by atoms with van der Waals surface area (Å²) >= 11 is 0. The van der Waals surface area contributed by atoms with Crippen molar-refractivity contribution in [3.63, 3.8) is 0 Å². The van der Waals surface area contributed by atoms with Gasteiger partial charge in [0.15, 0.2) is 0 Å². The molecule has 2 N–H and O–H groups in total. The lowest BCUT2D eigenvalue weighted by Gasteiger charge is -2.15. The Morgan fingerprint density at radius 3 is 2.57 bits per heavy atom. The Morgan fingerprint density at radius 2 is 2.00 bits per heavy atom. The van der Waals surface area contributed by atoms with E-state index in [0.29, 0.717) is 0 Å². The molecule has 0 aromatic heterocycles. The molecule has 120 valence electrons. The summed E-state index contributed by atoms with van der Waals surface area (Å²) in [5.41, 5.74) is 0.203. The summed E-state index contributed by atoms with van der Waals surface area (Å²) in [6.07, 6.45) is 3.87. The van der Waals surface area contributed by atoms with E-state index in [1.54, 1.807) is 0 Å². The van der Waals surface area contributed by atoms with Gasteiger partial charge in [-0.2, -0.15) is 0 Å². The average Bonchev–Trinajstić information content (AvgIpc) is 2.41. The number of aliphatic hydroxyl groups excluding tert-OH is 1. The maximum atomic E-state index is 13.7. The van der Waals surface area contributed by atoms with Gasteiger partial charge in [-0.15, -0.1) is 0 Å². The first-order valence-corrected chi connectivity index (χ1v) is 8.72. The second kappa shape index (κ2) is 7.87. The second-order valence-electron chi connectivity index (χ2n) is 5.39. The van der Waals surface area contributed by atoms with Gasteiger partial charge in [0.05, 0.1) is 11.5 Å². The highest BCUT2D eigenvalue weighted by molar-refractivity contribution is 7.89. The summed E-state index contributed by atoms with van der Waals surface area (Å²) in [6, 6.07) is 2.29. The summed E-state index contributed by atoms with van der Waals surface area (Å²) < 4.78 is 40.8. The molecule has 0 saturated heterocycles. The van der Waals surface area contributed by atoms with Gasteiger partial charge >= 0.3 is 0 Å². The van der Waals surface area contributed by atoms with Crippen molar-refractivity contribution >= 4 is 10.0 Å². The van der Waals surface area contributed by atoms with Crippen molar-refractivity contribution in [2.45, 2.75) is 64.0 Å². The van der Waals surface area contributed by atoms with Gasteiger partial charge in [0.2, 0.25) is 10.0 Å². The molecule has 21 heavy (non-hydrogen) atoms. The minimum atomic E-state index is -3.70. The highest BCUT2D eigenvalue weighted by atomic mass is 32.2. The van der Waals surface area contributed by atoms with Gasteiger partial charge in [0.25, 0.3) is 0 Å². The molecule has 0 bridgehead atoms. The van der Waals surface area contributed by atoms with E-state index in [9.17, 15) is 12.8 Å². The van der Waals surface area contributed by atoms with Crippen LogP contribution >= 0.6 is 0 Å². The lowest BCUT2D eigenvalue weighted by molar-refractivity contribution is 0.275. The Kier molecular flexibility index (Phi) is 6.77. The Morgan fingerprint density at radius 1 is 1.33 bits per heavy atom. The van der Waals surface area contributed by atoms with E-state index in [-0.39, 0.29) is 22.1 Å².